The summed E-state index contributed by atoms with van der Waals surface area (Å²) in [5.41, 5.74) is 0.773. The highest BCUT2D eigenvalue weighted by Gasteiger charge is 2.40. The lowest BCUT2D eigenvalue weighted by Crippen LogP contribution is -2.46. The zero-order valence-electron chi connectivity index (χ0n) is 11.3. The number of urea groups is 1. The Balaban J connectivity index is 2.04. The summed E-state index contributed by atoms with van der Waals surface area (Å²) in [6, 6.07) is -1.36. The lowest BCUT2D eigenvalue weighted by molar-refractivity contribution is -0.141. The molecule has 2 amide bonds. The molecule has 0 saturated carbocycles. The van der Waals surface area contributed by atoms with E-state index in [0.29, 0.717) is 6.54 Å². The van der Waals surface area contributed by atoms with Gasteiger partial charge >= 0.3 is 12.0 Å². The number of thiazole rings is 1. The fraction of sp³-hybridized carbons (Fsp3) is 0.583. The van der Waals surface area contributed by atoms with Crippen LogP contribution < -0.4 is 0 Å². The molecule has 1 aromatic heterocycles. The predicted octanol–water partition coefficient (Wildman–Crippen LogP) is 0.523. The van der Waals surface area contributed by atoms with Gasteiger partial charge in [0.2, 0.25) is 0 Å². The Hall–Kier alpha value is -1.67. The summed E-state index contributed by atoms with van der Waals surface area (Å²) in [5, 5.41) is 21.4. The number of hydrogen-bond donors (Lipinski definition) is 2. The molecule has 110 valence electrons. The number of hydrogen-bond acceptors (Lipinski definition) is 5. The van der Waals surface area contributed by atoms with Gasteiger partial charge in [0.05, 0.1) is 23.4 Å². The number of β-amino-alcohol motifs (C(OH)–C–C–N with tert-alkyl or cyclic N) is 1. The smallest absolute Gasteiger partial charge is 0.326 e. The van der Waals surface area contributed by atoms with E-state index in [1.54, 1.807) is 7.05 Å². The van der Waals surface area contributed by atoms with Crippen molar-refractivity contribution in [3.8, 4) is 0 Å². The molecule has 1 fully saturated rings. The number of carboxylic acid groups (broad SMARTS) is 1. The van der Waals surface area contributed by atoms with E-state index >= 15 is 0 Å². The third-order valence-electron chi connectivity index (χ3n) is 3.20. The number of nitrogens with zero attached hydrogens (tertiary/aromatic N) is 3. The summed E-state index contributed by atoms with van der Waals surface area (Å²) in [6.45, 7) is 2.26. The van der Waals surface area contributed by atoms with Crippen molar-refractivity contribution in [2.75, 3.05) is 13.6 Å². The van der Waals surface area contributed by atoms with Gasteiger partial charge in [-0.25, -0.2) is 14.6 Å². The number of amides is 2. The van der Waals surface area contributed by atoms with Crippen molar-refractivity contribution in [2.45, 2.75) is 32.0 Å². The van der Waals surface area contributed by atoms with Crippen molar-refractivity contribution < 1.29 is 19.8 Å². The predicted molar refractivity (Wildman–Crippen MR) is 72.5 cm³/mol. The number of carbonyl (C=O) groups excluding carboxylic acids is 1. The number of aliphatic carboxylic acids is 1. The highest BCUT2D eigenvalue weighted by molar-refractivity contribution is 7.09. The molecule has 2 atom stereocenters. The Morgan fingerprint density at radius 3 is 2.85 bits per heavy atom. The first kappa shape index (κ1) is 14.7. The van der Waals surface area contributed by atoms with Gasteiger partial charge in [-0.15, -0.1) is 11.3 Å². The fourth-order valence-electron chi connectivity index (χ4n) is 2.27. The summed E-state index contributed by atoms with van der Waals surface area (Å²) >= 11 is 1.50. The van der Waals surface area contributed by atoms with Gasteiger partial charge < -0.3 is 20.0 Å². The summed E-state index contributed by atoms with van der Waals surface area (Å²) in [7, 11) is 1.60. The highest BCUT2D eigenvalue weighted by Crippen LogP contribution is 2.20. The first-order valence-electron chi connectivity index (χ1n) is 6.22. The maximum absolute atomic E-state index is 12.3. The minimum Gasteiger partial charge on any atom is -0.480 e. The third kappa shape index (κ3) is 3.07. The maximum Gasteiger partial charge on any atom is 0.326 e. The summed E-state index contributed by atoms with van der Waals surface area (Å²) in [5.74, 6) is -1.09. The van der Waals surface area contributed by atoms with E-state index in [1.807, 2.05) is 12.3 Å². The summed E-state index contributed by atoms with van der Waals surface area (Å²) in [4.78, 5) is 30.3. The lowest BCUT2D eigenvalue weighted by atomic mass is 10.2. The molecule has 1 aliphatic heterocycles. The number of aliphatic hydroxyl groups is 1. The number of aromatic nitrogens is 1. The number of carboxylic acids is 1. The van der Waals surface area contributed by atoms with Crippen LogP contribution >= 0.6 is 11.3 Å². The second-order valence-corrected chi connectivity index (χ2v) is 5.95. The number of aryl methyl sites for hydroxylation is 1. The van der Waals surface area contributed by atoms with Crippen LogP contribution in [0.5, 0.6) is 0 Å². The normalized spacial score (nSPS) is 22.1. The van der Waals surface area contributed by atoms with Crippen molar-refractivity contribution in [1.82, 2.24) is 14.8 Å². The quantitative estimate of drug-likeness (QED) is 0.849. The first-order chi connectivity index (χ1) is 9.38. The van der Waals surface area contributed by atoms with Gasteiger partial charge in [-0.3, -0.25) is 0 Å². The molecule has 1 aliphatic rings. The highest BCUT2D eigenvalue weighted by atomic mass is 32.1. The van der Waals surface area contributed by atoms with Crippen molar-refractivity contribution in [2.24, 2.45) is 0 Å². The number of rotatable bonds is 3. The molecule has 2 rings (SSSR count). The molecule has 0 spiro atoms. The topological polar surface area (TPSA) is 94.0 Å². The van der Waals surface area contributed by atoms with Crippen LogP contribution in [0.2, 0.25) is 0 Å². The molecule has 0 unspecified atom stereocenters. The monoisotopic (exact) mass is 299 g/mol. The van der Waals surface area contributed by atoms with E-state index in [0.717, 1.165) is 10.7 Å². The molecule has 0 bridgehead atoms. The summed E-state index contributed by atoms with van der Waals surface area (Å²) < 4.78 is 0. The van der Waals surface area contributed by atoms with Gasteiger partial charge in [-0.1, -0.05) is 0 Å². The number of aliphatic hydroxyl groups excluding tert-OH is 1. The van der Waals surface area contributed by atoms with Crippen LogP contribution in [0, 0.1) is 6.92 Å². The molecule has 0 aromatic carbocycles. The molecular weight excluding hydrogens is 282 g/mol. The lowest BCUT2D eigenvalue weighted by Gasteiger charge is -2.27. The largest absolute Gasteiger partial charge is 0.480 e. The maximum atomic E-state index is 12.3. The molecular formula is C12H17N3O4S. The van der Waals surface area contributed by atoms with Crippen LogP contribution in [0.15, 0.2) is 5.38 Å². The summed E-state index contributed by atoms with van der Waals surface area (Å²) in [6.07, 6.45) is -0.708. The zero-order valence-corrected chi connectivity index (χ0v) is 12.1. The second-order valence-electron chi connectivity index (χ2n) is 4.89. The molecule has 0 aliphatic carbocycles. The van der Waals surface area contributed by atoms with E-state index in [-0.39, 0.29) is 13.0 Å². The number of carbonyl (C=O) groups is 2. The molecule has 20 heavy (non-hydrogen) atoms. The molecule has 2 heterocycles. The Morgan fingerprint density at radius 2 is 2.30 bits per heavy atom. The SMILES string of the molecule is Cc1nc(CN(C)C(=O)N2C[C@H](O)C[C@@H]2C(=O)O)cs1. The van der Waals surface area contributed by atoms with Crippen LogP contribution in [0.1, 0.15) is 17.1 Å². The van der Waals surface area contributed by atoms with Gasteiger partial charge in [0, 0.05) is 25.4 Å². The van der Waals surface area contributed by atoms with Crippen LogP contribution in [0.25, 0.3) is 0 Å². The van der Waals surface area contributed by atoms with E-state index in [9.17, 15) is 14.7 Å². The fourth-order valence-corrected chi connectivity index (χ4v) is 2.87. The minimum atomic E-state index is -1.09. The van der Waals surface area contributed by atoms with Crippen LogP contribution in [0.4, 0.5) is 4.79 Å². The standard InChI is InChI=1S/C12H17N3O4S/c1-7-13-8(6-20-7)4-14(2)12(19)15-5-9(16)3-10(15)11(17)18/h6,9-10,16H,3-5H2,1-2H3,(H,17,18)/t9-,10-/m1/s1. The molecule has 8 heteroatoms. The molecule has 7 nitrogen and oxygen atoms in total. The zero-order chi connectivity index (χ0) is 14.9. The molecule has 2 N–H and O–H groups in total. The van der Waals surface area contributed by atoms with Crippen molar-refractivity contribution in [1.29, 1.82) is 0 Å². The Labute approximate surface area is 120 Å². The average Bonchev–Trinajstić information content (AvgIpc) is 2.94. The second kappa shape index (κ2) is 5.76. The Bertz CT molecular complexity index is 519. The average molecular weight is 299 g/mol. The Morgan fingerprint density at radius 1 is 1.60 bits per heavy atom. The van der Waals surface area contributed by atoms with E-state index < -0.39 is 24.1 Å². The first-order valence-corrected chi connectivity index (χ1v) is 7.10. The molecule has 0 radical (unpaired) electrons. The van der Waals surface area contributed by atoms with E-state index in [2.05, 4.69) is 4.98 Å². The van der Waals surface area contributed by atoms with E-state index in [1.165, 1.54) is 21.1 Å². The van der Waals surface area contributed by atoms with E-state index in [4.69, 9.17) is 5.11 Å². The minimum absolute atomic E-state index is 0.0518. The van der Waals surface area contributed by atoms with Gasteiger partial charge in [-0.2, -0.15) is 0 Å². The Kier molecular flexibility index (Phi) is 4.24. The molecule has 1 saturated heterocycles. The third-order valence-corrected chi connectivity index (χ3v) is 4.02. The van der Waals surface area contributed by atoms with Crippen molar-refractivity contribution in [3.05, 3.63) is 16.1 Å². The molecule has 1 aromatic rings. The van der Waals surface area contributed by atoms with Crippen molar-refractivity contribution in [3.63, 3.8) is 0 Å². The van der Waals surface area contributed by atoms with Gasteiger partial charge in [0.1, 0.15) is 6.04 Å². The van der Waals surface area contributed by atoms with Crippen molar-refractivity contribution >= 4 is 23.3 Å². The van der Waals surface area contributed by atoms with Gasteiger partial charge in [-0.05, 0) is 6.92 Å². The number of likely N-dealkylation sites (tertiary alicyclic amines) is 1. The van der Waals surface area contributed by atoms with Crippen LogP contribution in [-0.2, 0) is 11.3 Å². The van der Waals surface area contributed by atoms with Crippen LogP contribution in [-0.4, -0.2) is 62.7 Å². The van der Waals surface area contributed by atoms with Crippen LogP contribution in [0.3, 0.4) is 0 Å². The van der Waals surface area contributed by atoms with Gasteiger partial charge in [0.15, 0.2) is 0 Å². The van der Waals surface area contributed by atoms with Gasteiger partial charge in [0.25, 0.3) is 0 Å².